The van der Waals surface area contributed by atoms with Gasteiger partial charge >= 0.3 is 0 Å². The van der Waals surface area contributed by atoms with Crippen LogP contribution in [0.1, 0.15) is 27.7 Å². The molecule has 0 radical (unpaired) electrons. The van der Waals surface area contributed by atoms with Crippen LogP contribution in [0.25, 0.3) is 6.08 Å². The second-order valence-corrected chi connectivity index (χ2v) is 4.32. The maximum absolute atomic E-state index is 12.4. The second-order valence-electron chi connectivity index (χ2n) is 4.32. The smallest absolute Gasteiger partial charge is 0.267 e. The highest BCUT2D eigenvalue weighted by Crippen LogP contribution is 2.36. The zero-order valence-corrected chi connectivity index (χ0v) is 9.08. The van der Waals surface area contributed by atoms with E-state index >= 15 is 0 Å². The van der Waals surface area contributed by atoms with Crippen LogP contribution < -0.4 is 5.01 Å². The molecule has 1 unspecified atom stereocenters. The molecule has 0 bridgehead atoms. The molecule has 1 aromatic carbocycles. The van der Waals surface area contributed by atoms with Crippen LogP contribution in [0.2, 0.25) is 0 Å². The summed E-state index contributed by atoms with van der Waals surface area (Å²) in [5, 5.41) is 1.81. The number of hydrogen-bond donors (Lipinski definition) is 0. The third-order valence-electron chi connectivity index (χ3n) is 3.42. The van der Waals surface area contributed by atoms with Gasteiger partial charge in [-0.15, -0.1) is 0 Å². The Balaban J connectivity index is 1.98. The van der Waals surface area contributed by atoms with Crippen molar-refractivity contribution in [3.05, 3.63) is 65.5 Å². The van der Waals surface area contributed by atoms with Crippen molar-refractivity contribution >= 4 is 12.0 Å². The summed E-state index contributed by atoms with van der Waals surface area (Å²) in [6.07, 6.45) is 6.07. The average Bonchev–Trinajstić information content (AvgIpc) is 2.93. The van der Waals surface area contributed by atoms with Gasteiger partial charge in [-0.05, 0) is 29.8 Å². The highest BCUT2D eigenvalue weighted by molar-refractivity contribution is 6.07. The number of benzene rings is 1. The number of nitrogens with zero attached hydrogens (tertiary/aromatic N) is 2. The zero-order valence-electron chi connectivity index (χ0n) is 9.08. The molecule has 4 rings (SSSR count). The first-order valence-electron chi connectivity index (χ1n) is 5.64. The zero-order chi connectivity index (χ0) is 11.4. The summed E-state index contributed by atoms with van der Waals surface area (Å²) >= 11 is 0. The first kappa shape index (κ1) is 8.82. The minimum atomic E-state index is 0.0404. The molecule has 2 aliphatic heterocycles. The summed E-state index contributed by atoms with van der Waals surface area (Å²) in [6.45, 7) is 0. The molecule has 3 nitrogen and oxygen atoms in total. The van der Waals surface area contributed by atoms with Crippen LogP contribution in [0.4, 0.5) is 0 Å². The molecular weight excluding hydrogens is 212 g/mol. The van der Waals surface area contributed by atoms with Crippen LogP contribution in [0.5, 0.6) is 0 Å². The Labute approximate surface area is 98.6 Å². The fourth-order valence-corrected chi connectivity index (χ4v) is 2.65. The molecule has 3 heteroatoms. The van der Waals surface area contributed by atoms with Crippen molar-refractivity contribution < 1.29 is 4.79 Å². The van der Waals surface area contributed by atoms with Crippen molar-refractivity contribution in [1.82, 2.24) is 4.68 Å². The lowest BCUT2D eigenvalue weighted by Gasteiger charge is -2.28. The lowest BCUT2D eigenvalue weighted by atomic mass is 10.0. The number of carbonyl (C=O) groups excluding carboxylic acids is 1. The van der Waals surface area contributed by atoms with E-state index in [9.17, 15) is 4.79 Å². The van der Waals surface area contributed by atoms with Gasteiger partial charge in [0, 0.05) is 11.8 Å². The number of aromatic nitrogens is 1. The van der Waals surface area contributed by atoms with Crippen molar-refractivity contribution in [2.75, 3.05) is 5.01 Å². The molecule has 1 atom stereocenters. The van der Waals surface area contributed by atoms with E-state index in [4.69, 9.17) is 0 Å². The minimum absolute atomic E-state index is 0.0404. The SMILES string of the molecule is O=C1c2ccccc2C2C=Cc3cccn3N12. The standard InChI is InChI=1S/C14H10N2O/c17-14-12-6-2-1-5-11(12)13-8-7-10-4-3-9-15(10)16(13)14/h1-9,13H. The summed E-state index contributed by atoms with van der Waals surface area (Å²) in [6, 6.07) is 11.8. The summed E-state index contributed by atoms with van der Waals surface area (Å²) in [4.78, 5) is 12.4. The lowest BCUT2D eigenvalue weighted by Crippen LogP contribution is -2.39. The predicted octanol–water partition coefficient (Wildman–Crippen LogP) is 2.35. The Bertz CT molecular complexity index is 654. The summed E-state index contributed by atoms with van der Waals surface area (Å²) in [5.74, 6) is 0.0763. The highest BCUT2D eigenvalue weighted by Gasteiger charge is 2.38. The molecule has 1 amide bonds. The van der Waals surface area contributed by atoms with Gasteiger partial charge in [0.15, 0.2) is 0 Å². The molecule has 0 saturated heterocycles. The summed E-state index contributed by atoms with van der Waals surface area (Å²) in [7, 11) is 0. The Kier molecular flexibility index (Phi) is 1.50. The van der Waals surface area contributed by atoms with Gasteiger partial charge in [-0.2, -0.15) is 0 Å². The van der Waals surface area contributed by atoms with E-state index < -0.39 is 0 Å². The maximum atomic E-state index is 12.4. The largest absolute Gasteiger partial charge is 0.273 e. The van der Waals surface area contributed by atoms with E-state index in [1.807, 2.05) is 47.3 Å². The van der Waals surface area contributed by atoms with Crippen molar-refractivity contribution in [2.24, 2.45) is 0 Å². The Morgan fingerprint density at radius 1 is 1.06 bits per heavy atom. The van der Waals surface area contributed by atoms with Gasteiger partial charge in [0.2, 0.25) is 0 Å². The number of carbonyl (C=O) groups is 1. The quantitative estimate of drug-likeness (QED) is 0.671. The fourth-order valence-electron chi connectivity index (χ4n) is 2.65. The third-order valence-corrected chi connectivity index (χ3v) is 3.42. The fraction of sp³-hybridized carbons (Fsp3) is 0.0714. The van der Waals surface area contributed by atoms with Gasteiger partial charge in [0.1, 0.15) is 0 Å². The van der Waals surface area contributed by atoms with E-state index in [0.29, 0.717) is 0 Å². The monoisotopic (exact) mass is 222 g/mol. The number of fused-ring (bicyclic) bond motifs is 5. The molecule has 0 fully saturated rings. The molecule has 0 N–H and O–H groups in total. The molecule has 1 aromatic heterocycles. The van der Waals surface area contributed by atoms with Gasteiger partial charge < -0.3 is 0 Å². The molecule has 2 aliphatic rings. The van der Waals surface area contributed by atoms with Crippen LogP contribution in [-0.4, -0.2) is 10.6 Å². The van der Waals surface area contributed by atoms with Crippen LogP contribution >= 0.6 is 0 Å². The van der Waals surface area contributed by atoms with Crippen molar-refractivity contribution in [3.63, 3.8) is 0 Å². The van der Waals surface area contributed by atoms with E-state index in [1.165, 1.54) is 0 Å². The third kappa shape index (κ3) is 0.984. The predicted molar refractivity (Wildman–Crippen MR) is 65.2 cm³/mol. The van der Waals surface area contributed by atoms with Gasteiger partial charge in [0.05, 0.1) is 11.7 Å². The summed E-state index contributed by atoms with van der Waals surface area (Å²) in [5.41, 5.74) is 2.94. The topological polar surface area (TPSA) is 25.2 Å². The minimum Gasteiger partial charge on any atom is -0.267 e. The molecule has 17 heavy (non-hydrogen) atoms. The number of hydrogen-bond acceptors (Lipinski definition) is 1. The molecule has 2 aromatic rings. The van der Waals surface area contributed by atoms with Crippen LogP contribution in [0.3, 0.4) is 0 Å². The van der Waals surface area contributed by atoms with E-state index in [0.717, 1.165) is 16.8 Å². The van der Waals surface area contributed by atoms with Gasteiger partial charge in [0.25, 0.3) is 5.91 Å². The maximum Gasteiger partial charge on any atom is 0.273 e. The molecular formula is C14H10N2O. The van der Waals surface area contributed by atoms with Crippen molar-refractivity contribution in [2.45, 2.75) is 6.04 Å². The van der Waals surface area contributed by atoms with Crippen LogP contribution in [-0.2, 0) is 0 Å². The highest BCUT2D eigenvalue weighted by atomic mass is 16.2. The van der Waals surface area contributed by atoms with E-state index in [2.05, 4.69) is 12.2 Å². The molecule has 82 valence electrons. The first-order valence-corrected chi connectivity index (χ1v) is 5.64. The summed E-state index contributed by atoms with van der Waals surface area (Å²) < 4.78 is 1.92. The molecule has 0 saturated carbocycles. The van der Waals surface area contributed by atoms with Crippen LogP contribution in [0, 0.1) is 0 Å². The van der Waals surface area contributed by atoms with Gasteiger partial charge in [-0.1, -0.05) is 24.3 Å². The normalized spacial score (nSPS) is 20.1. The Hall–Kier alpha value is -2.29. The lowest BCUT2D eigenvalue weighted by molar-refractivity contribution is 0.0965. The van der Waals surface area contributed by atoms with E-state index in [1.54, 1.807) is 5.01 Å². The molecule has 0 spiro atoms. The average molecular weight is 222 g/mol. The van der Waals surface area contributed by atoms with Crippen molar-refractivity contribution in [1.29, 1.82) is 0 Å². The van der Waals surface area contributed by atoms with Gasteiger partial charge in [-0.3, -0.25) is 9.47 Å². The second kappa shape index (κ2) is 2.88. The van der Waals surface area contributed by atoms with Gasteiger partial charge in [-0.25, -0.2) is 5.01 Å². The first-order chi connectivity index (χ1) is 8.36. The Morgan fingerprint density at radius 3 is 2.88 bits per heavy atom. The number of rotatable bonds is 0. The van der Waals surface area contributed by atoms with Crippen LogP contribution in [0.15, 0.2) is 48.7 Å². The Morgan fingerprint density at radius 2 is 1.94 bits per heavy atom. The van der Waals surface area contributed by atoms with Crippen molar-refractivity contribution in [3.8, 4) is 0 Å². The molecule has 3 heterocycles. The number of amides is 1. The molecule has 0 aliphatic carbocycles. The van der Waals surface area contributed by atoms with E-state index in [-0.39, 0.29) is 11.9 Å².